The molecule has 21 heavy (non-hydrogen) atoms. The van der Waals surface area contributed by atoms with E-state index in [2.05, 4.69) is 47.6 Å². The van der Waals surface area contributed by atoms with Crippen molar-refractivity contribution in [2.45, 2.75) is 65.2 Å². The Bertz CT molecular complexity index is 564. The van der Waals surface area contributed by atoms with Crippen LogP contribution in [0.3, 0.4) is 0 Å². The zero-order valence-corrected chi connectivity index (χ0v) is 15.1. The molecule has 0 amide bonds. The Labute approximate surface area is 129 Å². The Hall–Kier alpha value is -1.03. The fourth-order valence-electron chi connectivity index (χ4n) is 2.01. The normalized spacial score (nSPS) is 13.3. The maximum Gasteiger partial charge on any atom is 0.306 e. The first-order valence-corrected chi connectivity index (χ1v) is 9.28. The number of benzene rings is 1. The summed E-state index contributed by atoms with van der Waals surface area (Å²) in [7, 11) is -3.52. The van der Waals surface area contributed by atoms with Gasteiger partial charge in [0.1, 0.15) is 5.75 Å². The highest BCUT2D eigenvalue weighted by atomic mass is 32.2. The van der Waals surface area contributed by atoms with E-state index in [1.807, 2.05) is 12.1 Å². The van der Waals surface area contributed by atoms with Crippen molar-refractivity contribution in [3.63, 3.8) is 0 Å². The van der Waals surface area contributed by atoms with Gasteiger partial charge in [-0.05, 0) is 46.9 Å². The van der Waals surface area contributed by atoms with Gasteiger partial charge in [-0.25, -0.2) is 0 Å². The molecule has 0 radical (unpaired) electrons. The first-order valence-electron chi connectivity index (χ1n) is 7.47. The van der Waals surface area contributed by atoms with Gasteiger partial charge in [-0.2, -0.15) is 8.42 Å². The molecule has 120 valence electrons. The van der Waals surface area contributed by atoms with Crippen LogP contribution in [0.5, 0.6) is 5.75 Å². The summed E-state index contributed by atoms with van der Waals surface area (Å²) < 4.78 is 28.0. The van der Waals surface area contributed by atoms with Crippen molar-refractivity contribution < 1.29 is 12.6 Å². The highest BCUT2D eigenvalue weighted by molar-refractivity contribution is 7.86. The molecule has 0 atom stereocenters. The third-order valence-corrected chi connectivity index (χ3v) is 4.98. The van der Waals surface area contributed by atoms with Crippen molar-refractivity contribution in [2.24, 2.45) is 0 Å². The van der Waals surface area contributed by atoms with E-state index in [1.165, 1.54) is 0 Å². The Morgan fingerprint density at radius 3 is 1.57 bits per heavy atom. The van der Waals surface area contributed by atoms with Crippen molar-refractivity contribution in [1.29, 1.82) is 0 Å². The summed E-state index contributed by atoms with van der Waals surface area (Å²) in [6.07, 6.45) is 3.03. The standard InChI is InChI=1S/C17H28O3S/c1-8-16(3,4)13-10-14(17(5,6)9-2)12-15(11-13)20-21(7,18)19/h10-12H,8-9H2,1-7H3. The smallest absolute Gasteiger partial charge is 0.306 e. The fourth-order valence-corrected chi connectivity index (χ4v) is 2.46. The lowest BCUT2D eigenvalue weighted by Crippen LogP contribution is -2.20. The topological polar surface area (TPSA) is 43.4 Å². The van der Waals surface area contributed by atoms with Crippen molar-refractivity contribution in [1.82, 2.24) is 0 Å². The summed E-state index contributed by atoms with van der Waals surface area (Å²) in [6, 6.07) is 5.88. The minimum atomic E-state index is -3.52. The van der Waals surface area contributed by atoms with E-state index in [0.29, 0.717) is 5.75 Å². The van der Waals surface area contributed by atoms with Crippen molar-refractivity contribution in [3.8, 4) is 5.75 Å². The molecule has 0 aliphatic rings. The van der Waals surface area contributed by atoms with Gasteiger partial charge < -0.3 is 4.18 Å². The van der Waals surface area contributed by atoms with E-state index in [-0.39, 0.29) is 10.8 Å². The van der Waals surface area contributed by atoms with E-state index in [4.69, 9.17) is 4.18 Å². The summed E-state index contributed by atoms with van der Waals surface area (Å²) in [5, 5.41) is 0. The van der Waals surface area contributed by atoms with Crippen LogP contribution in [0, 0.1) is 0 Å². The Kier molecular flexibility index (Phi) is 5.14. The van der Waals surface area contributed by atoms with Crippen LogP contribution in [0.4, 0.5) is 0 Å². The average Bonchev–Trinajstić information content (AvgIpc) is 2.36. The Morgan fingerprint density at radius 1 is 0.905 bits per heavy atom. The van der Waals surface area contributed by atoms with E-state index in [9.17, 15) is 8.42 Å². The lowest BCUT2D eigenvalue weighted by molar-refractivity contribution is 0.470. The molecule has 0 fully saturated rings. The van der Waals surface area contributed by atoms with E-state index < -0.39 is 10.1 Å². The van der Waals surface area contributed by atoms with Gasteiger partial charge in [0.2, 0.25) is 0 Å². The minimum Gasteiger partial charge on any atom is -0.383 e. The second-order valence-electron chi connectivity index (χ2n) is 7.01. The third-order valence-electron chi connectivity index (χ3n) is 4.48. The van der Waals surface area contributed by atoms with Crippen LogP contribution >= 0.6 is 0 Å². The van der Waals surface area contributed by atoms with Crippen molar-refractivity contribution in [2.75, 3.05) is 6.26 Å². The summed E-state index contributed by atoms with van der Waals surface area (Å²) in [5.74, 6) is 0.410. The molecule has 0 aliphatic carbocycles. The van der Waals surface area contributed by atoms with Gasteiger partial charge in [0.15, 0.2) is 0 Å². The summed E-state index contributed by atoms with van der Waals surface area (Å²) in [5.41, 5.74) is 2.19. The summed E-state index contributed by atoms with van der Waals surface area (Å²) in [4.78, 5) is 0. The van der Waals surface area contributed by atoms with Crippen molar-refractivity contribution in [3.05, 3.63) is 29.3 Å². The second-order valence-corrected chi connectivity index (χ2v) is 8.58. The number of hydrogen-bond acceptors (Lipinski definition) is 3. The van der Waals surface area contributed by atoms with Gasteiger partial charge in [-0.15, -0.1) is 0 Å². The molecule has 0 aliphatic heterocycles. The molecule has 0 saturated carbocycles. The van der Waals surface area contributed by atoms with Crippen LogP contribution in [0.15, 0.2) is 18.2 Å². The van der Waals surface area contributed by atoms with Gasteiger partial charge >= 0.3 is 10.1 Å². The molecule has 0 spiro atoms. The fraction of sp³-hybridized carbons (Fsp3) is 0.647. The number of hydrogen-bond donors (Lipinski definition) is 0. The summed E-state index contributed by atoms with van der Waals surface area (Å²) in [6.45, 7) is 12.9. The Morgan fingerprint density at radius 2 is 1.29 bits per heavy atom. The molecule has 4 heteroatoms. The predicted molar refractivity (Wildman–Crippen MR) is 88.5 cm³/mol. The van der Waals surface area contributed by atoms with Gasteiger partial charge in [0.05, 0.1) is 6.26 Å². The molecule has 0 saturated heterocycles. The van der Waals surface area contributed by atoms with E-state index in [1.54, 1.807) is 0 Å². The molecule has 0 aromatic heterocycles. The molecule has 1 aromatic rings. The maximum absolute atomic E-state index is 11.4. The molecule has 0 heterocycles. The van der Waals surface area contributed by atoms with Crippen LogP contribution in [-0.2, 0) is 20.9 Å². The first kappa shape index (κ1) is 18.0. The van der Waals surface area contributed by atoms with Crippen LogP contribution in [-0.4, -0.2) is 14.7 Å². The van der Waals surface area contributed by atoms with Crippen LogP contribution in [0.2, 0.25) is 0 Å². The SMILES string of the molecule is CCC(C)(C)c1cc(OS(C)(=O)=O)cc(C(C)(C)CC)c1. The van der Waals surface area contributed by atoms with Crippen LogP contribution < -0.4 is 4.18 Å². The zero-order valence-electron chi connectivity index (χ0n) is 14.3. The monoisotopic (exact) mass is 312 g/mol. The molecule has 1 rings (SSSR count). The highest BCUT2D eigenvalue weighted by Gasteiger charge is 2.25. The van der Waals surface area contributed by atoms with Gasteiger partial charge in [-0.1, -0.05) is 47.6 Å². The molecular weight excluding hydrogens is 284 g/mol. The average molecular weight is 312 g/mol. The molecule has 0 bridgehead atoms. The third kappa shape index (κ3) is 4.73. The first-order chi connectivity index (χ1) is 9.41. The van der Waals surface area contributed by atoms with E-state index >= 15 is 0 Å². The Balaban J connectivity index is 3.47. The summed E-state index contributed by atoms with van der Waals surface area (Å²) >= 11 is 0. The van der Waals surface area contributed by atoms with Gasteiger partial charge in [-0.3, -0.25) is 0 Å². The van der Waals surface area contributed by atoms with E-state index in [0.717, 1.165) is 30.2 Å². The van der Waals surface area contributed by atoms with Crippen molar-refractivity contribution >= 4 is 10.1 Å². The largest absolute Gasteiger partial charge is 0.383 e. The molecule has 0 unspecified atom stereocenters. The molecule has 0 N–H and O–H groups in total. The second kappa shape index (κ2) is 5.99. The zero-order chi connectivity index (χ0) is 16.5. The highest BCUT2D eigenvalue weighted by Crippen LogP contribution is 2.36. The minimum absolute atomic E-state index is 0.0184. The lowest BCUT2D eigenvalue weighted by Gasteiger charge is -2.29. The quantitative estimate of drug-likeness (QED) is 0.731. The van der Waals surface area contributed by atoms with Crippen LogP contribution in [0.25, 0.3) is 0 Å². The van der Waals surface area contributed by atoms with Gasteiger partial charge in [0, 0.05) is 0 Å². The lowest BCUT2D eigenvalue weighted by atomic mass is 9.76. The molecular formula is C17H28O3S. The molecule has 1 aromatic carbocycles. The number of rotatable bonds is 6. The van der Waals surface area contributed by atoms with Crippen LogP contribution in [0.1, 0.15) is 65.5 Å². The van der Waals surface area contributed by atoms with Gasteiger partial charge in [0.25, 0.3) is 0 Å². The molecule has 3 nitrogen and oxygen atoms in total. The maximum atomic E-state index is 11.4. The predicted octanol–water partition coefficient (Wildman–Crippen LogP) is 4.40.